The maximum Gasteiger partial charge on any atom is 0.270 e. The first kappa shape index (κ1) is 17.0. The van der Waals surface area contributed by atoms with Gasteiger partial charge in [0.05, 0.1) is 17.7 Å². The topological polar surface area (TPSA) is 91.7 Å². The van der Waals surface area contributed by atoms with Crippen LogP contribution >= 0.6 is 11.3 Å². The van der Waals surface area contributed by atoms with Crippen molar-refractivity contribution in [3.63, 3.8) is 0 Å². The third kappa shape index (κ3) is 3.49. The van der Waals surface area contributed by atoms with Gasteiger partial charge in [-0.25, -0.2) is 4.98 Å². The predicted molar refractivity (Wildman–Crippen MR) is 89.8 cm³/mol. The number of nitrogens with zero attached hydrogens (tertiary/aromatic N) is 1. The summed E-state index contributed by atoms with van der Waals surface area (Å²) in [5.41, 5.74) is 1.34. The number of benzene rings is 1. The lowest BCUT2D eigenvalue weighted by Gasteiger charge is -2.44. The molecule has 128 valence electrons. The molecule has 1 aliphatic rings. The van der Waals surface area contributed by atoms with E-state index in [0.29, 0.717) is 5.69 Å². The Hall–Kier alpha value is -1.80. The van der Waals surface area contributed by atoms with E-state index in [-0.39, 0.29) is 25.0 Å². The molecule has 24 heavy (non-hydrogen) atoms. The molecule has 0 spiro atoms. The van der Waals surface area contributed by atoms with E-state index in [1.165, 1.54) is 11.3 Å². The Labute approximate surface area is 144 Å². The van der Waals surface area contributed by atoms with Crippen molar-refractivity contribution in [2.24, 2.45) is 0 Å². The molecule has 3 rings (SSSR count). The normalized spacial score (nSPS) is 30.0. The minimum Gasteiger partial charge on any atom is -0.387 e. The van der Waals surface area contributed by atoms with Gasteiger partial charge in [0.25, 0.3) is 5.91 Å². The van der Waals surface area contributed by atoms with Crippen molar-refractivity contribution in [1.29, 1.82) is 0 Å². The summed E-state index contributed by atoms with van der Waals surface area (Å²) in [5.74, 6) is -0.368. The maximum absolute atomic E-state index is 12.0. The molecular weight excluding hydrogens is 328 g/mol. The third-order valence-electron chi connectivity index (χ3n) is 4.30. The van der Waals surface area contributed by atoms with Gasteiger partial charge in [0.15, 0.2) is 0 Å². The van der Waals surface area contributed by atoms with Crippen LogP contribution in [-0.4, -0.2) is 45.5 Å². The number of carbonyl (C=O) groups excluding carboxylic acids is 1. The van der Waals surface area contributed by atoms with Crippen LogP contribution in [0.25, 0.3) is 0 Å². The molecule has 1 aromatic heterocycles. The molecule has 1 amide bonds. The van der Waals surface area contributed by atoms with Gasteiger partial charge in [-0.1, -0.05) is 30.3 Å². The first-order valence-electron chi connectivity index (χ1n) is 7.77. The lowest BCUT2D eigenvalue weighted by Crippen LogP contribution is -2.59. The number of ether oxygens (including phenoxy) is 1. The predicted octanol–water partition coefficient (Wildman–Crippen LogP) is 1.52. The summed E-state index contributed by atoms with van der Waals surface area (Å²) in [5, 5.41) is 25.6. The van der Waals surface area contributed by atoms with E-state index >= 15 is 0 Å². The fourth-order valence-corrected chi connectivity index (χ4v) is 3.48. The zero-order chi connectivity index (χ0) is 17.2. The summed E-state index contributed by atoms with van der Waals surface area (Å²) in [6.07, 6.45) is -1.79. The quantitative estimate of drug-likeness (QED) is 0.779. The van der Waals surface area contributed by atoms with E-state index < -0.39 is 17.8 Å². The standard InChI is InChI=1S/C17H20N2O4S/c1-11-15(20)17(22,9-18-16(21)13-8-24-10-19-13)7-14(23-11)12-5-3-2-4-6-12/h2-6,8,10-11,14-15,20,22H,7,9H2,1H3,(H,18,21)/t11-,14-,15-,17-/m1/s1. The van der Waals surface area contributed by atoms with Crippen LogP contribution in [0.5, 0.6) is 0 Å². The first-order valence-corrected chi connectivity index (χ1v) is 8.71. The third-order valence-corrected chi connectivity index (χ3v) is 4.89. The van der Waals surface area contributed by atoms with E-state index in [4.69, 9.17) is 4.74 Å². The Kier molecular flexibility index (Phi) is 4.96. The fourth-order valence-electron chi connectivity index (χ4n) is 2.95. The van der Waals surface area contributed by atoms with Crippen molar-refractivity contribution in [2.75, 3.05) is 6.54 Å². The van der Waals surface area contributed by atoms with Gasteiger partial charge < -0.3 is 20.3 Å². The minimum absolute atomic E-state index is 0.0679. The highest BCUT2D eigenvalue weighted by atomic mass is 32.1. The molecule has 1 fully saturated rings. The minimum atomic E-state index is -1.47. The molecule has 0 bridgehead atoms. The van der Waals surface area contributed by atoms with Crippen LogP contribution in [-0.2, 0) is 4.74 Å². The monoisotopic (exact) mass is 348 g/mol. The van der Waals surface area contributed by atoms with Crippen molar-refractivity contribution < 1.29 is 19.7 Å². The molecule has 7 heteroatoms. The zero-order valence-electron chi connectivity index (χ0n) is 13.3. The van der Waals surface area contributed by atoms with Crippen LogP contribution in [0.1, 0.15) is 35.5 Å². The molecule has 6 nitrogen and oxygen atoms in total. The molecule has 4 atom stereocenters. The Morgan fingerprint density at radius 3 is 2.88 bits per heavy atom. The second-order valence-corrected chi connectivity index (χ2v) is 6.77. The molecule has 1 aromatic carbocycles. The highest BCUT2D eigenvalue weighted by Crippen LogP contribution is 2.37. The molecule has 2 aromatic rings. The van der Waals surface area contributed by atoms with E-state index in [1.807, 2.05) is 30.3 Å². The molecule has 1 saturated heterocycles. The second-order valence-electron chi connectivity index (χ2n) is 6.05. The molecule has 0 unspecified atom stereocenters. The molecular formula is C17H20N2O4S. The number of aromatic nitrogens is 1. The number of nitrogens with one attached hydrogen (secondary N) is 1. The van der Waals surface area contributed by atoms with E-state index in [9.17, 15) is 15.0 Å². The number of aliphatic hydroxyl groups is 2. The number of carbonyl (C=O) groups is 1. The molecule has 1 aliphatic heterocycles. The SMILES string of the molecule is C[C@H]1O[C@@H](c2ccccc2)C[C@@](O)(CNC(=O)c2cscn2)[C@@H]1O. The van der Waals surface area contributed by atoms with Crippen molar-refractivity contribution in [3.05, 3.63) is 52.5 Å². The smallest absolute Gasteiger partial charge is 0.270 e. The van der Waals surface area contributed by atoms with Crippen LogP contribution < -0.4 is 5.32 Å². The van der Waals surface area contributed by atoms with E-state index in [2.05, 4.69) is 10.3 Å². The fraction of sp³-hybridized carbons (Fsp3) is 0.412. The summed E-state index contributed by atoms with van der Waals surface area (Å²) >= 11 is 1.32. The number of rotatable bonds is 4. The number of aliphatic hydroxyl groups excluding tert-OH is 1. The zero-order valence-corrected chi connectivity index (χ0v) is 14.1. The number of hydrogen-bond acceptors (Lipinski definition) is 6. The van der Waals surface area contributed by atoms with Gasteiger partial charge in [-0.2, -0.15) is 0 Å². The van der Waals surface area contributed by atoms with Gasteiger partial charge in [-0.3, -0.25) is 4.79 Å². The van der Waals surface area contributed by atoms with Crippen molar-refractivity contribution in [3.8, 4) is 0 Å². The van der Waals surface area contributed by atoms with Gasteiger partial charge in [0.1, 0.15) is 17.4 Å². The van der Waals surface area contributed by atoms with Crippen LogP contribution in [0, 0.1) is 0 Å². The second kappa shape index (κ2) is 6.98. The molecule has 2 heterocycles. The largest absolute Gasteiger partial charge is 0.387 e. The summed E-state index contributed by atoms with van der Waals surface area (Å²) in [4.78, 5) is 16.0. The van der Waals surface area contributed by atoms with Gasteiger partial charge >= 0.3 is 0 Å². The Morgan fingerprint density at radius 2 is 2.21 bits per heavy atom. The van der Waals surface area contributed by atoms with Crippen LogP contribution in [0.15, 0.2) is 41.2 Å². The number of amides is 1. The average Bonchev–Trinajstić information content (AvgIpc) is 3.13. The van der Waals surface area contributed by atoms with E-state index in [1.54, 1.807) is 17.8 Å². The van der Waals surface area contributed by atoms with Crippen molar-refractivity contribution >= 4 is 17.2 Å². The van der Waals surface area contributed by atoms with Crippen molar-refractivity contribution in [1.82, 2.24) is 10.3 Å². The summed E-state index contributed by atoms with van der Waals surface area (Å²) in [7, 11) is 0. The van der Waals surface area contributed by atoms with Crippen molar-refractivity contribution in [2.45, 2.75) is 37.3 Å². The molecule has 0 aliphatic carbocycles. The Morgan fingerprint density at radius 1 is 1.46 bits per heavy atom. The summed E-state index contributed by atoms with van der Waals surface area (Å²) < 4.78 is 5.83. The van der Waals surface area contributed by atoms with Crippen LogP contribution in [0.4, 0.5) is 0 Å². The molecule has 3 N–H and O–H groups in total. The van der Waals surface area contributed by atoms with Crippen LogP contribution in [0.2, 0.25) is 0 Å². The number of hydrogen-bond donors (Lipinski definition) is 3. The highest BCUT2D eigenvalue weighted by molar-refractivity contribution is 7.07. The van der Waals surface area contributed by atoms with Crippen LogP contribution in [0.3, 0.4) is 0 Å². The maximum atomic E-state index is 12.0. The highest BCUT2D eigenvalue weighted by Gasteiger charge is 2.47. The lowest BCUT2D eigenvalue weighted by atomic mass is 9.82. The Bertz CT molecular complexity index is 679. The first-order chi connectivity index (χ1) is 11.5. The van der Waals surface area contributed by atoms with Gasteiger partial charge in [-0.15, -0.1) is 11.3 Å². The summed E-state index contributed by atoms with van der Waals surface area (Å²) in [6, 6.07) is 9.55. The van der Waals surface area contributed by atoms with Gasteiger partial charge in [0.2, 0.25) is 0 Å². The molecule has 0 radical (unpaired) electrons. The lowest BCUT2D eigenvalue weighted by molar-refractivity contribution is -0.210. The average molecular weight is 348 g/mol. The summed E-state index contributed by atoms with van der Waals surface area (Å²) in [6.45, 7) is 1.65. The molecule has 0 saturated carbocycles. The number of thiazole rings is 1. The van der Waals surface area contributed by atoms with E-state index in [0.717, 1.165) is 5.56 Å². The Balaban J connectivity index is 1.72. The van der Waals surface area contributed by atoms with Gasteiger partial charge in [0, 0.05) is 18.3 Å². The van der Waals surface area contributed by atoms with Gasteiger partial charge in [-0.05, 0) is 12.5 Å².